The molecule has 0 amide bonds. The highest BCUT2D eigenvalue weighted by Crippen LogP contribution is 2.40. The van der Waals surface area contributed by atoms with Crippen LogP contribution in [0.4, 0.5) is 0 Å². The van der Waals surface area contributed by atoms with Crippen molar-refractivity contribution in [1.29, 1.82) is 0 Å². The van der Waals surface area contributed by atoms with Gasteiger partial charge in [0.15, 0.2) is 0 Å². The molecule has 2 saturated heterocycles. The fourth-order valence-corrected chi connectivity index (χ4v) is 5.18. The number of benzene rings is 2. The average molecular weight is 439 g/mol. The summed E-state index contributed by atoms with van der Waals surface area (Å²) in [5, 5.41) is 10.8. The maximum atomic E-state index is 10.8. The van der Waals surface area contributed by atoms with E-state index in [1.54, 1.807) is 0 Å². The molecule has 2 fully saturated rings. The zero-order chi connectivity index (χ0) is 22.8. The van der Waals surface area contributed by atoms with E-state index in [1.165, 1.54) is 16.7 Å². The van der Waals surface area contributed by atoms with Crippen molar-refractivity contribution in [2.24, 2.45) is 0 Å². The van der Waals surface area contributed by atoms with Gasteiger partial charge in [0.1, 0.15) is 18.0 Å². The molecule has 0 saturated carbocycles. The first-order chi connectivity index (χ1) is 15.3. The number of hydrogen-bond acceptors (Lipinski definition) is 5. The molecule has 2 aliphatic heterocycles. The topological polar surface area (TPSA) is 45.2 Å². The normalized spacial score (nSPS) is 25.9. The van der Waals surface area contributed by atoms with Gasteiger partial charge < -0.3 is 19.5 Å². The third-order valence-corrected chi connectivity index (χ3v) is 7.19. The van der Waals surface area contributed by atoms with E-state index in [0.717, 1.165) is 44.6 Å². The van der Waals surface area contributed by atoms with Gasteiger partial charge in [-0.1, -0.05) is 48.0 Å². The van der Waals surface area contributed by atoms with Crippen molar-refractivity contribution in [1.82, 2.24) is 9.80 Å². The molecule has 32 heavy (non-hydrogen) atoms. The van der Waals surface area contributed by atoms with Crippen LogP contribution < -0.4 is 4.74 Å². The van der Waals surface area contributed by atoms with Crippen LogP contribution >= 0.6 is 0 Å². The molecule has 2 aromatic carbocycles. The number of hydrogen-bond donors (Lipinski definition) is 1. The third-order valence-electron chi connectivity index (χ3n) is 7.19. The summed E-state index contributed by atoms with van der Waals surface area (Å²) >= 11 is 0. The smallest absolute Gasteiger partial charge is 0.124 e. The second-order valence-electron chi connectivity index (χ2n) is 10.2. The van der Waals surface area contributed by atoms with E-state index in [4.69, 9.17) is 9.47 Å². The number of ether oxygens (including phenoxy) is 2. The molecule has 0 radical (unpaired) electrons. The minimum Gasteiger partial charge on any atom is -0.489 e. The lowest BCUT2D eigenvalue weighted by atomic mass is 9.77. The number of likely N-dealkylation sites (N-methyl/N-ethyl adjacent to an activating group) is 1. The van der Waals surface area contributed by atoms with Gasteiger partial charge in [-0.25, -0.2) is 0 Å². The minimum absolute atomic E-state index is 0.118. The third kappa shape index (κ3) is 5.34. The Morgan fingerprint density at radius 2 is 1.84 bits per heavy atom. The maximum Gasteiger partial charge on any atom is 0.124 e. The standard InChI is InChI=1S/C27H38N2O3/c1-21-10-11-24(31-19-22-8-6-5-7-9-22)23(16-21)18-29-14-12-27(13-15-29)17-25(28(3)4)26(2,30)20-32-27/h5-11,16,25,30H,12-15,17-20H2,1-4H3/t25-,26?/m0/s1. The fraction of sp³-hybridized carbons (Fsp3) is 0.556. The summed E-state index contributed by atoms with van der Waals surface area (Å²) in [7, 11) is 4.12. The molecule has 1 unspecified atom stereocenters. The maximum absolute atomic E-state index is 10.8. The molecule has 0 aliphatic carbocycles. The van der Waals surface area contributed by atoms with Crippen molar-refractivity contribution in [2.75, 3.05) is 33.8 Å². The molecule has 1 N–H and O–H groups in total. The molecule has 5 nitrogen and oxygen atoms in total. The van der Waals surface area contributed by atoms with Crippen LogP contribution in [0, 0.1) is 6.92 Å². The van der Waals surface area contributed by atoms with Gasteiger partial charge >= 0.3 is 0 Å². The first-order valence-electron chi connectivity index (χ1n) is 11.8. The summed E-state index contributed by atoms with van der Waals surface area (Å²) in [6.45, 7) is 7.90. The van der Waals surface area contributed by atoms with Gasteiger partial charge in [-0.15, -0.1) is 0 Å². The Hall–Kier alpha value is -1.92. The van der Waals surface area contributed by atoms with Gasteiger partial charge in [-0.3, -0.25) is 4.90 Å². The molecule has 2 aromatic rings. The van der Waals surface area contributed by atoms with Gasteiger partial charge in [0, 0.05) is 31.2 Å². The summed E-state index contributed by atoms with van der Waals surface area (Å²) in [4.78, 5) is 4.66. The molecule has 5 heteroatoms. The quantitative estimate of drug-likeness (QED) is 0.738. The second-order valence-corrected chi connectivity index (χ2v) is 10.2. The van der Waals surface area contributed by atoms with Gasteiger partial charge in [-0.05, 0) is 58.8 Å². The lowest BCUT2D eigenvalue weighted by Crippen LogP contribution is -2.62. The molecular formula is C27H38N2O3. The highest BCUT2D eigenvalue weighted by molar-refractivity contribution is 5.37. The zero-order valence-corrected chi connectivity index (χ0v) is 20.0. The molecule has 2 atom stereocenters. The molecule has 2 aliphatic rings. The summed E-state index contributed by atoms with van der Waals surface area (Å²) in [6.07, 6.45) is 2.88. The van der Waals surface area contributed by atoms with E-state index in [0.29, 0.717) is 13.2 Å². The summed E-state index contributed by atoms with van der Waals surface area (Å²) < 4.78 is 12.5. The summed E-state index contributed by atoms with van der Waals surface area (Å²) in [5.41, 5.74) is 2.77. The number of aryl methyl sites for hydroxylation is 1. The predicted octanol–water partition coefficient (Wildman–Crippen LogP) is 4.01. The Kier molecular flexibility index (Phi) is 6.91. The van der Waals surface area contributed by atoms with E-state index >= 15 is 0 Å². The van der Waals surface area contributed by atoms with Crippen molar-refractivity contribution >= 4 is 0 Å². The Labute approximate surface area is 192 Å². The zero-order valence-electron chi connectivity index (χ0n) is 20.0. The molecular weight excluding hydrogens is 400 g/mol. The number of rotatable bonds is 6. The average Bonchev–Trinajstić information content (AvgIpc) is 2.77. The van der Waals surface area contributed by atoms with E-state index in [-0.39, 0.29) is 11.6 Å². The molecule has 1 spiro atoms. The van der Waals surface area contributed by atoms with Crippen molar-refractivity contribution < 1.29 is 14.6 Å². The van der Waals surface area contributed by atoms with Gasteiger partial charge in [0.05, 0.1) is 12.2 Å². The molecule has 0 aromatic heterocycles. The van der Waals surface area contributed by atoms with Crippen molar-refractivity contribution in [2.45, 2.75) is 63.5 Å². The van der Waals surface area contributed by atoms with Gasteiger partial charge in [0.25, 0.3) is 0 Å². The van der Waals surface area contributed by atoms with E-state index < -0.39 is 5.60 Å². The van der Waals surface area contributed by atoms with Crippen molar-refractivity contribution in [3.63, 3.8) is 0 Å². The number of piperidine rings is 1. The SMILES string of the molecule is Cc1ccc(OCc2ccccc2)c(CN2CCC3(CC2)C[C@H](N(C)C)C(C)(O)CO3)c1. The van der Waals surface area contributed by atoms with Crippen LogP contribution in [0.2, 0.25) is 0 Å². The Morgan fingerprint density at radius 1 is 1.12 bits per heavy atom. The van der Waals surface area contributed by atoms with Gasteiger partial charge in [0.2, 0.25) is 0 Å². The predicted molar refractivity (Wildman–Crippen MR) is 128 cm³/mol. The highest BCUT2D eigenvalue weighted by Gasteiger charge is 2.49. The minimum atomic E-state index is -0.793. The molecule has 4 rings (SSSR count). The Bertz CT molecular complexity index is 889. The van der Waals surface area contributed by atoms with Crippen LogP contribution in [-0.2, 0) is 17.9 Å². The van der Waals surface area contributed by atoms with Crippen molar-refractivity contribution in [3.05, 3.63) is 65.2 Å². The van der Waals surface area contributed by atoms with Crippen LogP contribution in [0.1, 0.15) is 42.9 Å². The van der Waals surface area contributed by atoms with E-state index in [9.17, 15) is 5.11 Å². The second kappa shape index (κ2) is 9.52. The largest absolute Gasteiger partial charge is 0.489 e. The van der Waals surface area contributed by atoms with Crippen molar-refractivity contribution in [3.8, 4) is 5.75 Å². The molecule has 2 heterocycles. The Morgan fingerprint density at radius 3 is 2.53 bits per heavy atom. The first-order valence-corrected chi connectivity index (χ1v) is 11.8. The molecule has 0 bridgehead atoms. The highest BCUT2D eigenvalue weighted by atomic mass is 16.5. The van der Waals surface area contributed by atoms with Crippen LogP contribution in [0.15, 0.2) is 48.5 Å². The molecule has 174 valence electrons. The van der Waals surface area contributed by atoms with E-state index in [1.807, 2.05) is 25.1 Å². The summed E-state index contributed by atoms with van der Waals surface area (Å²) in [6, 6.07) is 16.9. The number of likely N-dealkylation sites (tertiary alicyclic amines) is 1. The number of aliphatic hydroxyl groups is 1. The number of nitrogens with zero attached hydrogens (tertiary/aromatic N) is 2. The van der Waals surface area contributed by atoms with E-state index in [2.05, 4.69) is 61.2 Å². The van der Waals surface area contributed by atoms with Gasteiger partial charge in [-0.2, -0.15) is 0 Å². The fourth-order valence-electron chi connectivity index (χ4n) is 5.18. The lowest BCUT2D eigenvalue weighted by Gasteiger charge is -2.52. The first kappa shape index (κ1) is 23.2. The summed E-state index contributed by atoms with van der Waals surface area (Å²) in [5.74, 6) is 0.970. The van der Waals surface area contributed by atoms with Crippen LogP contribution in [0.3, 0.4) is 0 Å². The van der Waals surface area contributed by atoms with Crippen LogP contribution in [-0.4, -0.2) is 65.9 Å². The Balaban J connectivity index is 1.38. The lowest BCUT2D eigenvalue weighted by molar-refractivity contribution is -0.207. The van der Waals surface area contributed by atoms with Crippen LogP contribution in [0.25, 0.3) is 0 Å². The van der Waals surface area contributed by atoms with Crippen LogP contribution in [0.5, 0.6) is 5.75 Å². The monoisotopic (exact) mass is 438 g/mol.